The van der Waals surface area contributed by atoms with Gasteiger partial charge >= 0.3 is 6.03 Å². The highest BCUT2D eigenvalue weighted by atomic mass is 16.2. The molecular weight excluding hydrogens is 420 g/mol. The largest absolute Gasteiger partial charge is 0.352 e. The van der Waals surface area contributed by atoms with E-state index < -0.39 is 6.03 Å². The zero-order valence-electron chi connectivity index (χ0n) is 18.6. The van der Waals surface area contributed by atoms with Crippen molar-refractivity contribution < 1.29 is 4.79 Å². The third-order valence-electron chi connectivity index (χ3n) is 5.89. The molecule has 0 saturated carbocycles. The van der Waals surface area contributed by atoms with Crippen molar-refractivity contribution in [2.24, 2.45) is 12.8 Å². The average molecular weight is 447 g/mol. The number of nitrogens with zero attached hydrogens (tertiary/aromatic N) is 7. The molecule has 2 amide bonds. The second-order valence-corrected chi connectivity index (χ2v) is 8.32. The van der Waals surface area contributed by atoms with Crippen LogP contribution in [0.15, 0.2) is 42.9 Å². The third-order valence-corrected chi connectivity index (χ3v) is 5.89. The lowest BCUT2D eigenvalue weighted by molar-refractivity contribution is 0.244. The van der Waals surface area contributed by atoms with Crippen LogP contribution in [0.4, 0.5) is 16.4 Å². The molecule has 0 bridgehead atoms. The molecule has 0 unspecified atom stereocenters. The number of primary amides is 1. The number of nitrogens with two attached hydrogens (primary N) is 1. The minimum atomic E-state index is -0.473. The van der Waals surface area contributed by atoms with Gasteiger partial charge in [0.15, 0.2) is 5.82 Å². The molecule has 170 valence electrons. The number of amides is 2. The Morgan fingerprint density at radius 1 is 1.30 bits per heavy atom. The fraction of sp³-hybridized carbons (Fsp3) is 0.318. The van der Waals surface area contributed by atoms with Crippen molar-refractivity contribution in [1.29, 1.82) is 0 Å². The summed E-state index contributed by atoms with van der Waals surface area (Å²) in [4.78, 5) is 22.4. The number of aryl methyl sites for hydroxylation is 2. The lowest BCUT2D eigenvalue weighted by Crippen LogP contribution is -2.40. The SMILES string of the molecule is Cc1nn(-c2ccnc(Nc3ccc4c(cnn4C)c3)n2)cc1CN1CC[C@@H](NC(N)=O)C1. The van der Waals surface area contributed by atoms with Crippen molar-refractivity contribution in [2.75, 3.05) is 18.4 Å². The van der Waals surface area contributed by atoms with E-state index in [0.29, 0.717) is 11.8 Å². The number of nitrogens with one attached hydrogen (secondary N) is 2. The van der Waals surface area contributed by atoms with Crippen molar-refractivity contribution in [1.82, 2.24) is 39.7 Å². The van der Waals surface area contributed by atoms with Crippen LogP contribution >= 0.6 is 0 Å². The van der Waals surface area contributed by atoms with E-state index >= 15 is 0 Å². The molecule has 11 nitrogen and oxygen atoms in total. The van der Waals surface area contributed by atoms with Crippen LogP contribution in [0.1, 0.15) is 17.7 Å². The normalized spacial score (nSPS) is 16.4. The van der Waals surface area contributed by atoms with Gasteiger partial charge in [-0.25, -0.2) is 14.5 Å². The maximum Gasteiger partial charge on any atom is 0.312 e. The van der Waals surface area contributed by atoms with Gasteiger partial charge in [-0.1, -0.05) is 0 Å². The molecule has 1 aliphatic heterocycles. The van der Waals surface area contributed by atoms with Gasteiger partial charge in [0.2, 0.25) is 5.95 Å². The van der Waals surface area contributed by atoms with E-state index in [1.807, 2.05) is 55.3 Å². The van der Waals surface area contributed by atoms with E-state index in [1.165, 1.54) is 0 Å². The molecule has 3 aromatic heterocycles. The Morgan fingerprint density at radius 2 is 2.18 bits per heavy atom. The van der Waals surface area contributed by atoms with E-state index in [-0.39, 0.29) is 6.04 Å². The first-order valence-corrected chi connectivity index (χ1v) is 10.8. The molecule has 0 radical (unpaired) electrons. The Labute approximate surface area is 190 Å². The Morgan fingerprint density at radius 3 is 3.03 bits per heavy atom. The minimum absolute atomic E-state index is 0.0965. The van der Waals surface area contributed by atoms with Crippen molar-refractivity contribution in [3.63, 3.8) is 0 Å². The number of fused-ring (bicyclic) bond motifs is 1. The first-order valence-electron chi connectivity index (χ1n) is 10.8. The summed E-state index contributed by atoms with van der Waals surface area (Å²) in [5, 5.41) is 16.0. The predicted octanol–water partition coefficient (Wildman–Crippen LogP) is 1.84. The lowest BCUT2D eigenvalue weighted by atomic mass is 10.2. The molecule has 0 aliphatic carbocycles. The van der Waals surface area contributed by atoms with Crippen LogP contribution < -0.4 is 16.4 Å². The summed E-state index contributed by atoms with van der Waals surface area (Å²) in [6.45, 7) is 4.42. The number of aromatic nitrogens is 6. The standard InChI is InChI=1S/C22H26N10O/c1-14-16(11-31-8-6-18(13-31)26-21(23)33)12-32(29-14)20-5-7-24-22(28-20)27-17-3-4-19-15(9-17)10-25-30(19)2/h3-5,7,9-10,12,18H,6,8,11,13H2,1-2H3,(H3,23,26,33)(H,24,27,28)/t18-/m1/s1. The van der Waals surface area contributed by atoms with Crippen molar-refractivity contribution >= 4 is 28.6 Å². The van der Waals surface area contributed by atoms with Crippen LogP contribution in [-0.4, -0.2) is 59.6 Å². The summed E-state index contributed by atoms with van der Waals surface area (Å²) in [6.07, 6.45) is 6.43. The number of carbonyl (C=O) groups is 1. The third kappa shape index (κ3) is 4.48. The molecule has 1 aliphatic rings. The Balaban J connectivity index is 1.30. The van der Waals surface area contributed by atoms with Gasteiger partial charge in [0.25, 0.3) is 0 Å². The first kappa shape index (κ1) is 20.9. The second kappa shape index (κ2) is 8.51. The lowest BCUT2D eigenvalue weighted by Gasteiger charge is -2.15. The molecular formula is C22H26N10O. The van der Waals surface area contributed by atoms with Gasteiger partial charge in [-0.2, -0.15) is 15.2 Å². The van der Waals surface area contributed by atoms with E-state index in [4.69, 9.17) is 5.73 Å². The van der Waals surface area contributed by atoms with Crippen molar-refractivity contribution in [2.45, 2.75) is 25.9 Å². The van der Waals surface area contributed by atoms with Crippen LogP contribution in [0, 0.1) is 6.92 Å². The molecule has 1 saturated heterocycles. The van der Waals surface area contributed by atoms with Gasteiger partial charge in [-0.05, 0) is 31.5 Å². The number of benzene rings is 1. The Bertz CT molecular complexity index is 1310. The molecule has 4 aromatic rings. The zero-order valence-corrected chi connectivity index (χ0v) is 18.6. The highest BCUT2D eigenvalue weighted by Crippen LogP contribution is 2.21. The number of hydrogen-bond acceptors (Lipinski definition) is 7. The Hall–Kier alpha value is -3.99. The Kier molecular flexibility index (Phi) is 5.38. The number of hydrogen-bond donors (Lipinski definition) is 3. The average Bonchev–Trinajstić information content (AvgIpc) is 3.48. The van der Waals surface area contributed by atoms with Crippen molar-refractivity contribution in [3.8, 4) is 5.82 Å². The molecule has 4 heterocycles. The highest BCUT2D eigenvalue weighted by Gasteiger charge is 2.24. The van der Waals surface area contributed by atoms with Gasteiger partial charge in [0.05, 0.1) is 17.4 Å². The van der Waals surface area contributed by atoms with Gasteiger partial charge in [0, 0.05) is 67.8 Å². The molecule has 5 rings (SSSR count). The fourth-order valence-corrected chi connectivity index (χ4v) is 4.21. The van der Waals surface area contributed by atoms with E-state index in [1.54, 1.807) is 10.9 Å². The van der Waals surface area contributed by atoms with Gasteiger partial charge < -0.3 is 16.4 Å². The summed E-state index contributed by atoms with van der Waals surface area (Å²) in [7, 11) is 1.92. The van der Waals surface area contributed by atoms with E-state index in [2.05, 4.69) is 35.7 Å². The van der Waals surface area contributed by atoms with Crippen LogP contribution in [0.2, 0.25) is 0 Å². The maximum atomic E-state index is 11.1. The van der Waals surface area contributed by atoms with Crippen LogP contribution in [0.5, 0.6) is 0 Å². The molecule has 33 heavy (non-hydrogen) atoms. The molecule has 1 atom stereocenters. The number of urea groups is 1. The minimum Gasteiger partial charge on any atom is -0.352 e. The summed E-state index contributed by atoms with van der Waals surface area (Å²) < 4.78 is 3.61. The van der Waals surface area contributed by atoms with Crippen LogP contribution in [0.3, 0.4) is 0 Å². The molecule has 4 N–H and O–H groups in total. The van der Waals surface area contributed by atoms with Gasteiger partial charge in [-0.15, -0.1) is 0 Å². The smallest absolute Gasteiger partial charge is 0.312 e. The van der Waals surface area contributed by atoms with Crippen LogP contribution in [0.25, 0.3) is 16.7 Å². The quantitative estimate of drug-likeness (QED) is 0.412. The summed E-state index contributed by atoms with van der Waals surface area (Å²) in [5.41, 5.74) is 9.25. The van der Waals surface area contributed by atoms with E-state index in [9.17, 15) is 4.79 Å². The molecule has 0 spiro atoms. The van der Waals surface area contributed by atoms with E-state index in [0.717, 1.165) is 53.9 Å². The van der Waals surface area contributed by atoms with Gasteiger partial charge in [-0.3, -0.25) is 9.58 Å². The topological polar surface area (TPSA) is 132 Å². The fourth-order valence-electron chi connectivity index (χ4n) is 4.21. The van der Waals surface area contributed by atoms with Gasteiger partial charge in [0.1, 0.15) is 0 Å². The molecule has 1 aromatic carbocycles. The summed E-state index contributed by atoms with van der Waals surface area (Å²) in [6, 6.07) is 7.46. The maximum absolute atomic E-state index is 11.1. The number of carbonyl (C=O) groups excluding carboxylic acids is 1. The summed E-state index contributed by atoms with van der Waals surface area (Å²) >= 11 is 0. The first-order chi connectivity index (χ1) is 15.9. The number of rotatable bonds is 6. The number of anilines is 2. The summed E-state index contributed by atoms with van der Waals surface area (Å²) in [5.74, 6) is 1.17. The second-order valence-electron chi connectivity index (χ2n) is 8.32. The number of likely N-dealkylation sites (tertiary alicyclic amines) is 1. The van der Waals surface area contributed by atoms with Crippen molar-refractivity contribution in [3.05, 3.63) is 54.1 Å². The predicted molar refractivity (Wildman–Crippen MR) is 124 cm³/mol. The zero-order chi connectivity index (χ0) is 22.9. The van der Waals surface area contributed by atoms with Crippen LogP contribution in [-0.2, 0) is 13.6 Å². The monoisotopic (exact) mass is 446 g/mol. The highest BCUT2D eigenvalue weighted by molar-refractivity contribution is 5.83. The molecule has 11 heteroatoms. The molecule has 1 fully saturated rings.